The van der Waals surface area contributed by atoms with Crippen LogP contribution in [0.2, 0.25) is 0 Å². The largest absolute Gasteiger partial charge is 0.496 e. The van der Waals surface area contributed by atoms with E-state index in [9.17, 15) is 14.0 Å². The van der Waals surface area contributed by atoms with Gasteiger partial charge in [-0.3, -0.25) is 9.69 Å². The van der Waals surface area contributed by atoms with Crippen LogP contribution in [0.5, 0.6) is 5.75 Å². The molecular formula is C18H27FN4O3S. The van der Waals surface area contributed by atoms with Crippen LogP contribution in [-0.2, 0) is 11.3 Å². The minimum absolute atomic E-state index is 0.106. The van der Waals surface area contributed by atoms with Gasteiger partial charge in [0.2, 0.25) is 5.91 Å². The first-order valence-corrected chi connectivity index (χ1v) is 10.2. The summed E-state index contributed by atoms with van der Waals surface area (Å²) in [5.74, 6) is 1.01. The van der Waals surface area contributed by atoms with E-state index < -0.39 is 12.1 Å². The number of thioether (sulfide) groups is 1. The topological polar surface area (TPSA) is 87.9 Å². The van der Waals surface area contributed by atoms with E-state index in [4.69, 9.17) is 10.5 Å². The van der Waals surface area contributed by atoms with Gasteiger partial charge in [0.15, 0.2) is 0 Å². The smallest absolute Gasteiger partial charge is 0.312 e. The maximum Gasteiger partial charge on any atom is 0.312 e. The Morgan fingerprint density at radius 1 is 1.33 bits per heavy atom. The van der Waals surface area contributed by atoms with Crippen LogP contribution in [0.25, 0.3) is 0 Å². The molecule has 150 valence electrons. The normalized spacial score (nSPS) is 16.0. The molecule has 1 aliphatic heterocycles. The number of nitrogens with two attached hydrogens (primary N) is 1. The summed E-state index contributed by atoms with van der Waals surface area (Å²) >= 11 is 1.61. The number of carbonyl (C=O) groups is 2. The van der Waals surface area contributed by atoms with Crippen molar-refractivity contribution in [2.75, 3.05) is 45.3 Å². The second-order valence-corrected chi connectivity index (χ2v) is 7.39. The summed E-state index contributed by atoms with van der Waals surface area (Å²) in [6.45, 7) is 2.98. The Kier molecular flexibility index (Phi) is 8.18. The van der Waals surface area contributed by atoms with Crippen LogP contribution < -0.4 is 15.8 Å². The summed E-state index contributed by atoms with van der Waals surface area (Å²) < 4.78 is 18.8. The van der Waals surface area contributed by atoms with E-state index in [2.05, 4.69) is 10.2 Å². The summed E-state index contributed by atoms with van der Waals surface area (Å²) in [5.41, 5.74) is 5.98. The van der Waals surface area contributed by atoms with Crippen molar-refractivity contribution in [2.24, 2.45) is 5.73 Å². The van der Waals surface area contributed by atoms with Crippen LogP contribution in [0.15, 0.2) is 18.2 Å². The summed E-state index contributed by atoms with van der Waals surface area (Å²) in [7, 11) is 1.56. The molecule has 0 bridgehead atoms. The van der Waals surface area contributed by atoms with Gasteiger partial charge in [0, 0.05) is 38.3 Å². The Morgan fingerprint density at radius 2 is 2.04 bits per heavy atom. The molecule has 3 amide bonds. The number of benzene rings is 1. The Morgan fingerprint density at radius 3 is 2.63 bits per heavy atom. The molecule has 0 radical (unpaired) electrons. The minimum Gasteiger partial charge on any atom is -0.496 e. The molecule has 9 heteroatoms. The second kappa shape index (κ2) is 10.4. The average Bonchev–Trinajstić information content (AvgIpc) is 2.65. The number of ether oxygens (including phenoxy) is 1. The van der Waals surface area contributed by atoms with E-state index in [1.54, 1.807) is 29.8 Å². The molecule has 1 heterocycles. The van der Waals surface area contributed by atoms with Crippen LogP contribution in [0.3, 0.4) is 0 Å². The Balaban J connectivity index is 1.92. The fourth-order valence-corrected chi connectivity index (χ4v) is 3.59. The highest BCUT2D eigenvalue weighted by Gasteiger charge is 2.28. The second-order valence-electron chi connectivity index (χ2n) is 6.40. The van der Waals surface area contributed by atoms with E-state index in [0.29, 0.717) is 44.9 Å². The number of carbonyl (C=O) groups excluding carboxylic acids is 2. The monoisotopic (exact) mass is 398 g/mol. The zero-order valence-corrected chi connectivity index (χ0v) is 16.6. The van der Waals surface area contributed by atoms with Crippen LogP contribution in [0.4, 0.5) is 9.18 Å². The lowest BCUT2D eigenvalue weighted by atomic mass is 10.1. The van der Waals surface area contributed by atoms with Crippen LogP contribution in [0, 0.1) is 5.82 Å². The van der Waals surface area contributed by atoms with Crippen LogP contribution in [-0.4, -0.2) is 73.1 Å². The van der Waals surface area contributed by atoms with Crippen LogP contribution >= 0.6 is 11.8 Å². The van der Waals surface area contributed by atoms with E-state index in [0.717, 1.165) is 11.3 Å². The zero-order valence-electron chi connectivity index (χ0n) is 15.7. The highest BCUT2D eigenvalue weighted by molar-refractivity contribution is 7.98. The minimum atomic E-state index is -0.689. The lowest BCUT2D eigenvalue weighted by Crippen LogP contribution is -2.55. The Bertz CT molecular complexity index is 653. The molecular weight excluding hydrogens is 371 g/mol. The number of nitrogens with zero attached hydrogens (tertiary/aromatic N) is 2. The van der Waals surface area contributed by atoms with Gasteiger partial charge in [-0.25, -0.2) is 9.18 Å². The van der Waals surface area contributed by atoms with Gasteiger partial charge in [-0.05, 0) is 36.6 Å². The Labute approximate surface area is 163 Å². The quantitative estimate of drug-likeness (QED) is 0.689. The number of primary amides is 1. The molecule has 2 rings (SSSR count). The number of halogens is 1. The van der Waals surface area contributed by atoms with Crippen molar-refractivity contribution >= 4 is 23.7 Å². The summed E-state index contributed by atoms with van der Waals surface area (Å²) in [4.78, 5) is 27.8. The number of urea groups is 1. The molecule has 1 aromatic rings. The van der Waals surface area contributed by atoms with Crippen molar-refractivity contribution in [1.29, 1.82) is 0 Å². The first-order chi connectivity index (χ1) is 12.9. The van der Waals surface area contributed by atoms with Crippen molar-refractivity contribution < 1.29 is 18.7 Å². The van der Waals surface area contributed by atoms with Gasteiger partial charge < -0.3 is 20.7 Å². The third kappa shape index (κ3) is 6.28. The van der Waals surface area contributed by atoms with Gasteiger partial charge in [0.1, 0.15) is 17.6 Å². The highest BCUT2D eigenvalue weighted by atomic mass is 32.2. The molecule has 3 N–H and O–H groups in total. The molecule has 7 nitrogen and oxygen atoms in total. The van der Waals surface area contributed by atoms with Gasteiger partial charge in [-0.1, -0.05) is 0 Å². The number of nitrogens with one attached hydrogen (secondary N) is 1. The SMILES string of the molecule is COc1ccc(F)cc1CN1CCN(C(=O)[C@H](CCSC)NC(N)=O)CC1. The summed E-state index contributed by atoms with van der Waals surface area (Å²) in [6.07, 6.45) is 2.49. The molecule has 0 aromatic heterocycles. The number of methoxy groups -OCH3 is 1. The number of hydrogen-bond acceptors (Lipinski definition) is 5. The van der Waals surface area contributed by atoms with Gasteiger partial charge in [0.05, 0.1) is 7.11 Å². The molecule has 1 saturated heterocycles. The predicted molar refractivity (Wildman–Crippen MR) is 104 cm³/mol. The Hall–Kier alpha value is -2.00. The molecule has 1 aliphatic rings. The van der Waals surface area contributed by atoms with E-state index >= 15 is 0 Å². The molecule has 0 saturated carbocycles. The van der Waals surface area contributed by atoms with Crippen molar-refractivity contribution in [3.8, 4) is 5.75 Å². The lowest BCUT2D eigenvalue weighted by Gasteiger charge is -2.36. The first kappa shape index (κ1) is 21.3. The average molecular weight is 399 g/mol. The maximum atomic E-state index is 13.5. The highest BCUT2D eigenvalue weighted by Crippen LogP contribution is 2.22. The molecule has 0 aliphatic carbocycles. The van der Waals surface area contributed by atoms with Gasteiger partial charge in [0.25, 0.3) is 0 Å². The number of amides is 3. The standard InChI is InChI=1S/C18H27FN4O3S/c1-26-16-4-3-14(19)11-13(16)12-22-6-8-23(9-7-22)17(24)15(5-10-27-2)21-18(20)25/h3-4,11,15H,5-10,12H2,1-2H3,(H3,20,21,25)/t15-/m0/s1. The van der Waals surface area contributed by atoms with E-state index in [1.807, 2.05) is 6.26 Å². The van der Waals surface area contributed by atoms with Crippen LogP contribution in [0.1, 0.15) is 12.0 Å². The predicted octanol–water partition coefficient (Wildman–Crippen LogP) is 1.27. The number of piperazine rings is 1. The molecule has 27 heavy (non-hydrogen) atoms. The fraction of sp³-hybridized carbons (Fsp3) is 0.556. The summed E-state index contributed by atoms with van der Waals surface area (Å²) in [5, 5.41) is 2.55. The van der Waals surface area contributed by atoms with Crippen molar-refractivity contribution in [3.05, 3.63) is 29.6 Å². The molecule has 1 fully saturated rings. The van der Waals surface area contributed by atoms with E-state index in [-0.39, 0.29) is 11.7 Å². The zero-order chi connectivity index (χ0) is 19.8. The van der Waals surface area contributed by atoms with Crippen molar-refractivity contribution in [2.45, 2.75) is 19.0 Å². The molecule has 1 aromatic carbocycles. The van der Waals surface area contributed by atoms with Crippen molar-refractivity contribution in [3.63, 3.8) is 0 Å². The third-order valence-corrected chi connectivity index (χ3v) is 5.19. The van der Waals surface area contributed by atoms with Crippen molar-refractivity contribution in [1.82, 2.24) is 15.1 Å². The molecule has 0 unspecified atom stereocenters. The fourth-order valence-electron chi connectivity index (χ4n) is 3.12. The molecule has 0 spiro atoms. The maximum absolute atomic E-state index is 13.5. The first-order valence-electron chi connectivity index (χ1n) is 8.83. The molecule has 1 atom stereocenters. The number of hydrogen-bond donors (Lipinski definition) is 2. The third-order valence-electron chi connectivity index (χ3n) is 4.55. The van der Waals surface area contributed by atoms with Gasteiger partial charge in [-0.2, -0.15) is 11.8 Å². The lowest BCUT2D eigenvalue weighted by molar-refractivity contribution is -0.135. The number of rotatable bonds is 8. The summed E-state index contributed by atoms with van der Waals surface area (Å²) in [6, 6.07) is 3.19. The van der Waals surface area contributed by atoms with Gasteiger partial charge in [-0.15, -0.1) is 0 Å². The van der Waals surface area contributed by atoms with E-state index in [1.165, 1.54) is 12.1 Å². The van der Waals surface area contributed by atoms with Gasteiger partial charge >= 0.3 is 6.03 Å².